The van der Waals surface area contributed by atoms with E-state index in [1.807, 2.05) is 0 Å². The van der Waals surface area contributed by atoms with Gasteiger partial charge < -0.3 is 10.1 Å². The van der Waals surface area contributed by atoms with Crippen molar-refractivity contribution in [3.05, 3.63) is 84.2 Å². The number of para-hydroxylation sites is 2. The summed E-state index contributed by atoms with van der Waals surface area (Å²) in [5.74, 6) is 0.0106. The van der Waals surface area contributed by atoms with Gasteiger partial charge in [0.2, 0.25) is 0 Å². The van der Waals surface area contributed by atoms with Crippen LogP contribution in [0.25, 0.3) is 5.69 Å². The third kappa shape index (κ3) is 4.83. The molecule has 10 nitrogen and oxygen atoms in total. The number of nitrogens with one attached hydrogen (secondary N) is 2. The van der Waals surface area contributed by atoms with Gasteiger partial charge in [-0.05, 0) is 71.4 Å². The van der Waals surface area contributed by atoms with Gasteiger partial charge in [-0.3, -0.25) is 9.52 Å². The molecule has 11 heteroatoms. The van der Waals surface area contributed by atoms with Gasteiger partial charge in [-0.2, -0.15) is 0 Å². The van der Waals surface area contributed by atoms with E-state index < -0.39 is 10.0 Å². The first-order valence-electron chi connectivity index (χ1n) is 9.78. The van der Waals surface area contributed by atoms with Gasteiger partial charge in [0.25, 0.3) is 15.9 Å². The van der Waals surface area contributed by atoms with Crippen LogP contribution in [0.15, 0.2) is 78.0 Å². The Morgan fingerprint density at radius 3 is 2.48 bits per heavy atom. The van der Waals surface area contributed by atoms with Gasteiger partial charge in [-0.15, -0.1) is 5.10 Å². The highest BCUT2D eigenvalue weighted by Crippen LogP contribution is 2.28. The zero-order valence-electron chi connectivity index (χ0n) is 17.8. The molecule has 33 heavy (non-hydrogen) atoms. The molecule has 4 aromatic rings. The summed E-state index contributed by atoms with van der Waals surface area (Å²) >= 11 is 0. The van der Waals surface area contributed by atoms with Crippen molar-refractivity contribution in [1.29, 1.82) is 0 Å². The molecule has 2 N–H and O–H groups in total. The molecule has 0 aliphatic carbocycles. The highest BCUT2D eigenvalue weighted by atomic mass is 32.2. The topological polar surface area (TPSA) is 128 Å². The number of aryl methyl sites for hydroxylation is 1. The summed E-state index contributed by atoms with van der Waals surface area (Å²) in [5, 5.41) is 13.7. The molecule has 3 aromatic carbocycles. The highest BCUT2D eigenvalue weighted by Gasteiger charge is 2.20. The van der Waals surface area contributed by atoms with Gasteiger partial charge in [-0.1, -0.05) is 18.2 Å². The molecule has 0 radical (unpaired) electrons. The summed E-state index contributed by atoms with van der Waals surface area (Å²) < 4.78 is 35.3. The van der Waals surface area contributed by atoms with Crippen LogP contribution in [-0.4, -0.2) is 41.6 Å². The van der Waals surface area contributed by atoms with Crippen molar-refractivity contribution in [1.82, 2.24) is 20.2 Å². The molecule has 0 fully saturated rings. The first kappa shape index (κ1) is 22.0. The molecule has 168 valence electrons. The number of hydrogen-bond donors (Lipinski definition) is 2. The number of ether oxygens (including phenoxy) is 1. The third-order valence-electron chi connectivity index (χ3n) is 4.83. The fourth-order valence-electron chi connectivity index (χ4n) is 3.14. The van der Waals surface area contributed by atoms with Gasteiger partial charge in [0.15, 0.2) is 0 Å². The van der Waals surface area contributed by atoms with E-state index in [4.69, 9.17) is 4.74 Å². The van der Waals surface area contributed by atoms with Crippen LogP contribution in [-0.2, 0) is 10.0 Å². The molecule has 0 atom stereocenters. The molecular formula is C22H20N6O4S. The number of amides is 1. The van der Waals surface area contributed by atoms with Gasteiger partial charge in [0.05, 0.1) is 23.4 Å². The number of tetrazole rings is 1. The molecule has 0 aliphatic rings. The van der Waals surface area contributed by atoms with E-state index in [0.717, 1.165) is 0 Å². The van der Waals surface area contributed by atoms with Gasteiger partial charge in [-0.25, -0.2) is 13.1 Å². The van der Waals surface area contributed by atoms with Crippen molar-refractivity contribution in [2.75, 3.05) is 17.1 Å². The van der Waals surface area contributed by atoms with E-state index in [1.165, 1.54) is 24.2 Å². The van der Waals surface area contributed by atoms with Crippen molar-refractivity contribution in [2.24, 2.45) is 0 Å². The summed E-state index contributed by atoms with van der Waals surface area (Å²) in [6.45, 7) is 1.68. The van der Waals surface area contributed by atoms with E-state index in [0.29, 0.717) is 33.9 Å². The fraction of sp³-hybridized carbons (Fsp3) is 0.0909. The van der Waals surface area contributed by atoms with Gasteiger partial charge in [0, 0.05) is 11.3 Å². The van der Waals surface area contributed by atoms with Crippen molar-refractivity contribution in [3.63, 3.8) is 0 Å². The first-order valence-corrected chi connectivity index (χ1v) is 11.3. The number of carbonyl (C=O) groups is 1. The van der Waals surface area contributed by atoms with Crippen molar-refractivity contribution < 1.29 is 17.9 Å². The van der Waals surface area contributed by atoms with Crippen molar-refractivity contribution >= 4 is 27.3 Å². The normalized spacial score (nSPS) is 11.1. The number of rotatable bonds is 7. The average molecular weight is 465 g/mol. The maximum atomic E-state index is 13.1. The highest BCUT2D eigenvalue weighted by molar-refractivity contribution is 7.92. The lowest BCUT2D eigenvalue weighted by atomic mass is 10.1. The van der Waals surface area contributed by atoms with Crippen LogP contribution >= 0.6 is 0 Å². The van der Waals surface area contributed by atoms with Crippen molar-refractivity contribution in [2.45, 2.75) is 11.8 Å². The number of carbonyl (C=O) groups excluding carboxylic acids is 1. The second-order valence-corrected chi connectivity index (χ2v) is 8.69. The minimum absolute atomic E-state index is 0.0419. The van der Waals surface area contributed by atoms with Crippen LogP contribution in [0, 0.1) is 6.92 Å². The molecular weight excluding hydrogens is 444 g/mol. The van der Waals surface area contributed by atoms with E-state index in [1.54, 1.807) is 67.6 Å². The second kappa shape index (κ2) is 9.09. The zero-order chi connectivity index (χ0) is 23.4. The maximum absolute atomic E-state index is 13.1. The van der Waals surface area contributed by atoms with Crippen LogP contribution in [0.1, 0.15) is 15.9 Å². The fourth-order valence-corrected chi connectivity index (χ4v) is 4.49. The SMILES string of the molecule is COc1ccccc1NS(=O)(=O)c1cc(NC(=O)c2ccc(-n3cnnn3)cc2)ccc1C. The molecule has 0 spiro atoms. The smallest absolute Gasteiger partial charge is 0.262 e. The number of nitrogens with zero attached hydrogens (tertiary/aromatic N) is 4. The number of methoxy groups -OCH3 is 1. The quantitative estimate of drug-likeness (QED) is 0.430. The second-order valence-electron chi connectivity index (χ2n) is 7.04. The molecule has 0 bridgehead atoms. The summed E-state index contributed by atoms with van der Waals surface area (Å²) in [6, 6.07) is 18.1. The zero-order valence-corrected chi connectivity index (χ0v) is 18.6. The largest absolute Gasteiger partial charge is 0.495 e. The lowest BCUT2D eigenvalue weighted by Crippen LogP contribution is -2.16. The summed E-state index contributed by atoms with van der Waals surface area (Å²) in [7, 11) is -2.47. The third-order valence-corrected chi connectivity index (χ3v) is 6.34. The Kier molecular flexibility index (Phi) is 6.05. The van der Waals surface area contributed by atoms with Crippen molar-refractivity contribution in [3.8, 4) is 11.4 Å². The van der Waals surface area contributed by atoms with E-state index in [9.17, 15) is 13.2 Å². The summed E-state index contributed by atoms with van der Waals surface area (Å²) in [5.41, 5.74) is 2.28. The molecule has 0 unspecified atom stereocenters. The Labute approximate surface area is 190 Å². The van der Waals surface area contributed by atoms with Crippen LogP contribution in [0.5, 0.6) is 5.75 Å². The molecule has 1 heterocycles. The van der Waals surface area contributed by atoms with Crippen LogP contribution in [0.4, 0.5) is 11.4 Å². The van der Waals surface area contributed by atoms with E-state index in [2.05, 4.69) is 25.6 Å². The van der Waals surface area contributed by atoms with Gasteiger partial charge >= 0.3 is 0 Å². The molecule has 0 saturated heterocycles. The predicted molar refractivity (Wildman–Crippen MR) is 122 cm³/mol. The van der Waals surface area contributed by atoms with Crippen LogP contribution < -0.4 is 14.8 Å². The number of benzene rings is 3. The Morgan fingerprint density at radius 1 is 1.03 bits per heavy atom. The minimum Gasteiger partial charge on any atom is -0.495 e. The molecule has 0 aliphatic heterocycles. The Morgan fingerprint density at radius 2 is 1.79 bits per heavy atom. The van der Waals surface area contributed by atoms with Gasteiger partial charge in [0.1, 0.15) is 12.1 Å². The number of hydrogen-bond acceptors (Lipinski definition) is 7. The average Bonchev–Trinajstić information content (AvgIpc) is 3.35. The lowest BCUT2D eigenvalue weighted by Gasteiger charge is -2.14. The molecule has 1 amide bonds. The maximum Gasteiger partial charge on any atom is 0.262 e. The number of anilines is 2. The number of aromatic nitrogens is 4. The molecule has 4 rings (SSSR count). The molecule has 0 saturated carbocycles. The standard InChI is InChI=1S/C22H20N6O4S/c1-15-7-10-17(13-21(15)33(30,31)25-19-5-3-4-6-20(19)32-2)24-22(29)16-8-11-18(12-9-16)28-14-23-26-27-28/h3-14,25H,1-2H3,(H,24,29). The summed E-state index contributed by atoms with van der Waals surface area (Å²) in [6.07, 6.45) is 1.45. The summed E-state index contributed by atoms with van der Waals surface area (Å²) in [4.78, 5) is 12.7. The Balaban J connectivity index is 1.55. The van der Waals surface area contributed by atoms with E-state index >= 15 is 0 Å². The van der Waals surface area contributed by atoms with Crippen LogP contribution in [0.2, 0.25) is 0 Å². The minimum atomic E-state index is -3.93. The molecule has 1 aromatic heterocycles. The van der Waals surface area contributed by atoms with E-state index in [-0.39, 0.29) is 10.8 Å². The van der Waals surface area contributed by atoms with Crippen LogP contribution in [0.3, 0.4) is 0 Å². The monoisotopic (exact) mass is 464 g/mol. The Hall–Kier alpha value is -4.25. The first-order chi connectivity index (χ1) is 15.9. The Bertz CT molecular complexity index is 1390. The predicted octanol–water partition coefficient (Wildman–Crippen LogP) is 3.03. The lowest BCUT2D eigenvalue weighted by molar-refractivity contribution is 0.102. The number of sulfonamides is 1.